The molecule has 10 heteroatoms. The molecule has 0 unspecified atom stereocenters. The number of nitrogens with zero attached hydrogens (tertiary/aromatic N) is 1. The number of aryl methyl sites for hydroxylation is 1. The molecule has 0 heterocycles. The number of sulfonamides is 1. The van der Waals surface area contributed by atoms with Gasteiger partial charge in [0, 0.05) is 12.2 Å². The van der Waals surface area contributed by atoms with Crippen LogP contribution in [0.1, 0.15) is 18.1 Å². The van der Waals surface area contributed by atoms with Gasteiger partial charge in [0.2, 0.25) is 15.9 Å². The molecule has 0 spiro atoms. The minimum absolute atomic E-state index is 0.0120. The van der Waals surface area contributed by atoms with Crippen LogP contribution in [0.3, 0.4) is 0 Å². The average molecular weight is 435 g/mol. The summed E-state index contributed by atoms with van der Waals surface area (Å²) in [4.78, 5) is 12.3. The largest absolute Gasteiger partial charge is 0.417 e. The van der Waals surface area contributed by atoms with E-state index in [0.717, 1.165) is 15.9 Å². The zero-order valence-corrected chi connectivity index (χ0v) is 16.6. The fourth-order valence-electron chi connectivity index (χ4n) is 2.41. The van der Waals surface area contributed by atoms with Gasteiger partial charge in [0.1, 0.15) is 0 Å². The number of alkyl halides is 3. The van der Waals surface area contributed by atoms with Crippen molar-refractivity contribution in [2.45, 2.75) is 24.9 Å². The number of halogens is 4. The van der Waals surface area contributed by atoms with Crippen molar-refractivity contribution in [2.24, 2.45) is 0 Å². The third-order valence-electron chi connectivity index (χ3n) is 3.89. The topological polar surface area (TPSA) is 66.5 Å². The van der Waals surface area contributed by atoms with Crippen molar-refractivity contribution in [1.82, 2.24) is 4.31 Å². The van der Waals surface area contributed by atoms with Crippen LogP contribution in [-0.2, 0) is 21.0 Å². The molecule has 1 N–H and O–H groups in total. The maximum Gasteiger partial charge on any atom is 0.417 e. The van der Waals surface area contributed by atoms with Crippen LogP contribution >= 0.6 is 11.6 Å². The summed E-state index contributed by atoms with van der Waals surface area (Å²) in [5.74, 6) is -0.770. The maximum absolute atomic E-state index is 12.9. The van der Waals surface area contributed by atoms with Crippen LogP contribution in [0.4, 0.5) is 18.9 Å². The Labute approximate surface area is 166 Å². The summed E-state index contributed by atoms with van der Waals surface area (Å²) in [5.41, 5.74) is -0.347. The Morgan fingerprint density at radius 3 is 2.29 bits per heavy atom. The van der Waals surface area contributed by atoms with E-state index >= 15 is 0 Å². The van der Waals surface area contributed by atoms with Gasteiger partial charge in [-0.1, -0.05) is 36.2 Å². The minimum Gasteiger partial charge on any atom is -0.325 e. The molecule has 0 atom stereocenters. The summed E-state index contributed by atoms with van der Waals surface area (Å²) in [6, 6.07) is 9.05. The third kappa shape index (κ3) is 5.24. The number of amides is 1. The van der Waals surface area contributed by atoms with Crippen molar-refractivity contribution in [2.75, 3.05) is 18.4 Å². The van der Waals surface area contributed by atoms with Gasteiger partial charge in [0.15, 0.2) is 0 Å². The Morgan fingerprint density at radius 2 is 1.75 bits per heavy atom. The van der Waals surface area contributed by atoms with E-state index in [1.54, 1.807) is 19.1 Å². The van der Waals surface area contributed by atoms with E-state index in [-0.39, 0.29) is 17.1 Å². The predicted octanol–water partition coefficient (Wildman–Crippen LogP) is 4.32. The lowest BCUT2D eigenvalue weighted by Gasteiger charge is -2.20. The van der Waals surface area contributed by atoms with Crippen LogP contribution in [0, 0.1) is 6.92 Å². The number of hydrogen-bond donors (Lipinski definition) is 1. The number of rotatable bonds is 6. The van der Waals surface area contributed by atoms with Gasteiger partial charge in [0.25, 0.3) is 0 Å². The zero-order valence-electron chi connectivity index (χ0n) is 15.0. The van der Waals surface area contributed by atoms with Gasteiger partial charge in [-0.25, -0.2) is 8.42 Å². The first-order valence-electron chi connectivity index (χ1n) is 8.18. The molecular weight excluding hydrogens is 417 g/mol. The Morgan fingerprint density at radius 1 is 1.14 bits per heavy atom. The molecule has 2 aromatic rings. The molecular formula is C18H18ClF3N2O3S. The van der Waals surface area contributed by atoms with Gasteiger partial charge in [-0.05, 0) is 37.3 Å². The second kappa shape index (κ2) is 8.50. The van der Waals surface area contributed by atoms with Gasteiger partial charge in [-0.3, -0.25) is 4.79 Å². The van der Waals surface area contributed by atoms with Crippen LogP contribution in [0.25, 0.3) is 0 Å². The van der Waals surface area contributed by atoms with Crippen LogP contribution < -0.4 is 5.32 Å². The molecule has 0 saturated carbocycles. The van der Waals surface area contributed by atoms with Gasteiger partial charge >= 0.3 is 6.18 Å². The van der Waals surface area contributed by atoms with Crippen LogP contribution in [0.2, 0.25) is 5.02 Å². The van der Waals surface area contributed by atoms with Crippen molar-refractivity contribution >= 4 is 33.2 Å². The highest BCUT2D eigenvalue weighted by atomic mass is 35.5. The molecule has 152 valence electrons. The maximum atomic E-state index is 12.9. The van der Waals surface area contributed by atoms with E-state index in [4.69, 9.17) is 11.6 Å². The van der Waals surface area contributed by atoms with Crippen LogP contribution in [-0.4, -0.2) is 31.7 Å². The first-order valence-corrected chi connectivity index (χ1v) is 10.0. The summed E-state index contributed by atoms with van der Waals surface area (Å²) in [6.07, 6.45) is -4.68. The molecule has 0 aliphatic carbocycles. The number of likely N-dealkylation sites (N-methyl/N-ethyl adjacent to an activating group) is 1. The van der Waals surface area contributed by atoms with Crippen molar-refractivity contribution in [3.05, 3.63) is 58.6 Å². The molecule has 1 amide bonds. The lowest BCUT2D eigenvalue weighted by atomic mass is 10.2. The fraction of sp³-hybridized carbons (Fsp3) is 0.278. The Hall–Kier alpha value is -2.10. The van der Waals surface area contributed by atoms with E-state index < -0.39 is 39.2 Å². The van der Waals surface area contributed by atoms with E-state index in [1.807, 2.05) is 6.92 Å². The first-order chi connectivity index (χ1) is 12.9. The fourth-order valence-corrected chi connectivity index (χ4v) is 4.04. The van der Waals surface area contributed by atoms with Gasteiger partial charge in [-0.15, -0.1) is 0 Å². The summed E-state index contributed by atoms with van der Waals surface area (Å²) in [6.45, 7) is 2.83. The lowest BCUT2D eigenvalue weighted by molar-refractivity contribution is -0.137. The molecule has 0 fully saturated rings. The predicted molar refractivity (Wildman–Crippen MR) is 101 cm³/mol. The third-order valence-corrected chi connectivity index (χ3v) is 6.15. The smallest absolute Gasteiger partial charge is 0.325 e. The second-order valence-corrected chi connectivity index (χ2v) is 8.33. The molecule has 0 saturated heterocycles. The molecule has 0 aliphatic rings. The number of carbonyl (C=O) groups is 1. The summed E-state index contributed by atoms with van der Waals surface area (Å²) in [7, 11) is -3.92. The highest BCUT2D eigenvalue weighted by Crippen LogP contribution is 2.36. The number of hydrogen-bond acceptors (Lipinski definition) is 3. The minimum atomic E-state index is -4.68. The quantitative estimate of drug-likeness (QED) is 0.736. The normalized spacial score (nSPS) is 12.2. The van der Waals surface area contributed by atoms with Crippen molar-refractivity contribution in [3.63, 3.8) is 0 Å². The first kappa shape index (κ1) is 22.2. The highest BCUT2D eigenvalue weighted by Gasteiger charge is 2.33. The SMILES string of the molecule is CCN(CC(=O)Nc1ccc(Cl)c(C(F)(F)F)c1)S(=O)(=O)c1ccc(C)cc1. The Bertz CT molecular complexity index is 961. The molecule has 2 rings (SSSR count). The van der Waals surface area contributed by atoms with Gasteiger partial charge in [0.05, 0.1) is 22.0 Å². The Kier molecular flexibility index (Phi) is 6.74. The molecule has 0 aromatic heterocycles. The van der Waals surface area contributed by atoms with E-state index in [9.17, 15) is 26.4 Å². The number of nitrogens with one attached hydrogen (secondary N) is 1. The van der Waals surface area contributed by atoms with Crippen molar-refractivity contribution in [3.8, 4) is 0 Å². The van der Waals surface area contributed by atoms with Gasteiger partial charge < -0.3 is 5.32 Å². The molecule has 2 aromatic carbocycles. The zero-order chi connectivity index (χ0) is 21.1. The number of benzene rings is 2. The van der Waals surface area contributed by atoms with Crippen molar-refractivity contribution in [1.29, 1.82) is 0 Å². The lowest BCUT2D eigenvalue weighted by Crippen LogP contribution is -2.37. The van der Waals surface area contributed by atoms with E-state index in [2.05, 4.69) is 5.32 Å². The number of anilines is 1. The highest BCUT2D eigenvalue weighted by molar-refractivity contribution is 7.89. The molecule has 0 aliphatic heterocycles. The molecule has 5 nitrogen and oxygen atoms in total. The molecule has 0 bridgehead atoms. The average Bonchev–Trinajstić information content (AvgIpc) is 2.60. The standard InChI is InChI=1S/C18H18ClF3N2O3S/c1-3-24(28(26,27)14-7-4-12(2)5-8-14)11-17(25)23-13-6-9-16(19)15(10-13)18(20,21)22/h4-10H,3,11H2,1-2H3,(H,23,25). The monoisotopic (exact) mass is 434 g/mol. The molecule has 0 radical (unpaired) electrons. The van der Waals surface area contributed by atoms with E-state index in [0.29, 0.717) is 6.07 Å². The summed E-state index contributed by atoms with van der Waals surface area (Å²) >= 11 is 5.54. The van der Waals surface area contributed by atoms with Crippen LogP contribution in [0.15, 0.2) is 47.4 Å². The Balaban J connectivity index is 2.18. The second-order valence-electron chi connectivity index (χ2n) is 5.98. The summed E-state index contributed by atoms with van der Waals surface area (Å²) in [5, 5.41) is 1.78. The summed E-state index contributed by atoms with van der Waals surface area (Å²) < 4.78 is 65.0. The number of carbonyl (C=O) groups excluding carboxylic acids is 1. The van der Waals surface area contributed by atoms with Gasteiger partial charge in [-0.2, -0.15) is 17.5 Å². The van der Waals surface area contributed by atoms with Crippen molar-refractivity contribution < 1.29 is 26.4 Å². The van der Waals surface area contributed by atoms with E-state index in [1.165, 1.54) is 18.2 Å². The van der Waals surface area contributed by atoms with Crippen LogP contribution in [0.5, 0.6) is 0 Å². The molecule has 28 heavy (non-hydrogen) atoms.